The summed E-state index contributed by atoms with van der Waals surface area (Å²) < 4.78 is 5.69. The molecule has 0 saturated heterocycles. The Labute approximate surface area is 144 Å². The number of amides is 2. The van der Waals surface area contributed by atoms with Gasteiger partial charge in [-0.25, -0.2) is 4.79 Å². The molecule has 4 nitrogen and oxygen atoms in total. The van der Waals surface area contributed by atoms with Crippen molar-refractivity contribution < 1.29 is 9.53 Å². The zero-order chi connectivity index (χ0) is 17.5. The van der Waals surface area contributed by atoms with Gasteiger partial charge in [0.1, 0.15) is 12.4 Å². The number of aryl methyl sites for hydroxylation is 2. The fourth-order valence-electron chi connectivity index (χ4n) is 2.29. The van der Waals surface area contributed by atoms with Gasteiger partial charge in [0.15, 0.2) is 0 Å². The maximum absolute atomic E-state index is 11.9. The Kier molecular flexibility index (Phi) is 6.24. The summed E-state index contributed by atoms with van der Waals surface area (Å²) in [6.45, 7) is 9.25. The number of hydrogen-bond donors (Lipinski definition) is 2. The van der Waals surface area contributed by atoms with Crippen molar-refractivity contribution in [2.45, 2.75) is 33.6 Å². The van der Waals surface area contributed by atoms with Crippen LogP contribution in [0.3, 0.4) is 0 Å². The Bertz CT molecular complexity index is 696. The van der Waals surface area contributed by atoms with Gasteiger partial charge in [0.05, 0.1) is 6.54 Å². The van der Waals surface area contributed by atoms with Crippen LogP contribution in [0.2, 0.25) is 0 Å². The standard InChI is InChI=1S/C20H26N2O2/c1-14(2)17-6-5-7-19(13-17)24-11-10-21-20(23)22-18-9-8-15(3)16(4)12-18/h5-9,12-14H,10-11H2,1-4H3,(H2,21,22,23). The highest BCUT2D eigenvalue weighted by molar-refractivity contribution is 5.89. The van der Waals surface area contributed by atoms with Gasteiger partial charge >= 0.3 is 6.03 Å². The minimum atomic E-state index is -0.224. The van der Waals surface area contributed by atoms with Crippen LogP contribution in [0.1, 0.15) is 36.5 Å². The molecule has 0 aromatic heterocycles. The third-order valence-corrected chi connectivity index (χ3v) is 3.95. The predicted octanol–water partition coefficient (Wildman–Crippen LogP) is 4.63. The first-order chi connectivity index (χ1) is 11.5. The third kappa shape index (κ3) is 5.30. The van der Waals surface area contributed by atoms with E-state index in [1.165, 1.54) is 11.1 Å². The van der Waals surface area contributed by atoms with E-state index in [0.29, 0.717) is 19.1 Å². The number of rotatable bonds is 6. The molecule has 0 heterocycles. The van der Waals surface area contributed by atoms with Crippen LogP contribution in [0, 0.1) is 13.8 Å². The summed E-state index contributed by atoms with van der Waals surface area (Å²) in [6, 6.07) is 13.7. The average Bonchev–Trinajstić information content (AvgIpc) is 2.55. The van der Waals surface area contributed by atoms with Crippen LogP contribution in [-0.2, 0) is 0 Å². The molecule has 0 atom stereocenters. The lowest BCUT2D eigenvalue weighted by Gasteiger charge is -2.11. The molecule has 0 aliphatic carbocycles. The first kappa shape index (κ1) is 17.9. The van der Waals surface area contributed by atoms with Gasteiger partial charge in [-0.15, -0.1) is 0 Å². The van der Waals surface area contributed by atoms with Crippen LogP contribution in [0.4, 0.5) is 10.5 Å². The number of carbonyl (C=O) groups is 1. The smallest absolute Gasteiger partial charge is 0.319 e. The van der Waals surface area contributed by atoms with Crippen LogP contribution in [0.15, 0.2) is 42.5 Å². The molecule has 2 N–H and O–H groups in total. The molecule has 0 radical (unpaired) electrons. The van der Waals surface area contributed by atoms with E-state index in [2.05, 4.69) is 30.5 Å². The number of benzene rings is 2. The molecular weight excluding hydrogens is 300 g/mol. The van der Waals surface area contributed by atoms with E-state index in [9.17, 15) is 4.79 Å². The number of hydrogen-bond acceptors (Lipinski definition) is 2. The number of carbonyl (C=O) groups excluding carboxylic acids is 1. The van der Waals surface area contributed by atoms with Gasteiger partial charge < -0.3 is 15.4 Å². The Hall–Kier alpha value is -2.49. The van der Waals surface area contributed by atoms with Gasteiger partial charge in [-0.3, -0.25) is 0 Å². The second kappa shape index (κ2) is 8.39. The maximum atomic E-state index is 11.9. The minimum Gasteiger partial charge on any atom is -0.492 e. The molecule has 0 aliphatic rings. The van der Waals surface area contributed by atoms with Crippen molar-refractivity contribution >= 4 is 11.7 Å². The highest BCUT2D eigenvalue weighted by atomic mass is 16.5. The summed E-state index contributed by atoms with van der Waals surface area (Å²) in [5.41, 5.74) is 4.40. The first-order valence-electron chi connectivity index (χ1n) is 8.30. The molecule has 0 aliphatic heterocycles. The van der Waals surface area contributed by atoms with Crippen LogP contribution in [0.5, 0.6) is 5.75 Å². The van der Waals surface area contributed by atoms with E-state index in [-0.39, 0.29) is 6.03 Å². The van der Waals surface area contributed by atoms with Crippen LogP contribution < -0.4 is 15.4 Å². The molecule has 0 unspecified atom stereocenters. The van der Waals surface area contributed by atoms with Crippen LogP contribution in [-0.4, -0.2) is 19.2 Å². The summed E-state index contributed by atoms with van der Waals surface area (Å²) in [5.74, 6) is 1.30. The molecular formula is C20H26N2O2. The predicted molar refractivity (Wildman–Crippen MR) is 99.0 cm³/mol. The second-order valence-corrected chi connectivity index (χ2v) is 6.26. The number of ether oxygens (including phenoxy) is 1. The van der Waals surface area contributed by atoms with E-state index < -0.39 is 0 Å². The van der Waals surface area contributed by atoms with E-state index >= 15 is 0 Å². The van der Waals surface area contributed by atoms with Gasteiger partial charge in [-0.2, -0.15) is 0 Å². The summed E-state index contributed by atoms with van der Waals surface area (Å²) in [6.07, 6.45) is 0. The molecule has 24 heavy (non-hydrogen) atoms. The fraction of sp³-hybridized carbons (Fsp3) is 0.350. The third-order valence-electron chi connectivity index (χ3n) is 3.95. The highest BCUT2D eigenvalue weighted by Gasteiger charge is 2.04. The van der Waals surface area contributed by atoms with Gasteiger partial charge in [-0.05, 0) is 60.7 Å². The molecule has 0 fully saturated rings. The SMILES string of the molecule is Cc1ccc(NC(=O)NCCOc2cccc(C(C)C)c2)cc1C. The summed E-state index contributed by atoms with van der Waals surface area (Å²) in [4.78, 5) is 11.9. The molecule has 2 aromatic rings. The zero-order valence-corrected chi connectivity index (χ0v) is 14.8. The van der Waals surface area contributed by atoms with Crippen molar-refractivity contribution in [2.75, 3.05) is 18.5 Å². The molecule has 128 valence electrons. The van der Waals surface area contributed by atoms with Crippen molar-refractivity contribution in [3.63, 3.8) is 0 Å². The van der Waals surface area contributed by atoms with E-state index in [0.717, 1.165) is 17.0 Å². The fourth-order valence-corrected chi connectivity index (χ4v) is 2.29. The van der Waals surface area contributed by atoms with E-state index in [1.807, 2.05) is 50.2 Å². The molecule has 2 rings (SSSR count). The molecule has 2 aromatic carbocycles. The average molecular weight is 326 g/mol. The van der Waals surface area contributed by atoms with Gasteiger partial charge in [0, 0.05) is 5.69 Å². The van der Waals surface area contributed by atoms with E-state index in [4.69, 9.17) is 4.74 Å². The largest absolute Gasteiger partial charge is 0.492 e. The first-order valence-corrected chi connectivity index (χ1v) is 8.30. The summed E-state index contributed by atoms with van der Waals surface area (Å²) in [7, 11) is 0. The lowest BCUT2D eigenvalue weighted by atomic mass is 10.0. The van der Waals surface area contributed by atoms with Crippen molar-refractivity contribution in [3.8, 4) is 5.75 Å². The Morgan fingerprint density at radius 3 is 2.58 bits per heavy atom. The number of urea groups is 1. The summed E-state index contributed by atoms with van der Waals surface area (Å²) in [5, 5.41) is 5.62. The Morgan fingerprint density at radius 2 is 1.88 bits per heavy atom. The molecule has 0 bridgehead atoms. The molecule has 0 saturated carbocycles. The molecule has 2 amide bonds. The minimum absolute atomic E-state index is 0.224. The monoisotopic (exact) mass is 326 g/mol. The molecule has 0 spiro atoms. The quantitative estimate of drug-likeness (QED) is 0.761. The lowest BCUT2D eigenvalue weighted by molar-refractivity contribution is 0.247. The van der Waals surface area contributed by atoms with Gasteiger partial charge in [0.25, 0.3) is 0 Å². The van der Waals surface area contributed by atoms with Crippen molar-refractivity contribution in [2.24, 2.45) is 0 Å². The van der Waals surface area contributed by atoms with Crippen molar-refractivity contribution in [3.05, 3.63) is 59.2 Å². The Balaban J connectivity index is 1.74. The zero-order valence-electron chi connectivity index (χ0n) is 14.8. The van der Waals surface area contributed by atoms with Gasteiger partial charge in [0.2, 0.25) is 0 Å². The summed E-state index contributed by atoms with van der Waals surface area (Å²) >= 11 is 0. The normalized spacial score (nSPS) is 10.5. The Morgan fingerprint density at radius 1 is 1.08 bits per heavy atom. The van der Waals surface area contributed by atoms with Crippen LogP contribution in [0.25, 0.3) is 0 Å². The maximum Gasteiger partial charge on any atom is 0.319 e. The van der Waals surface area contributed by atoms with E-state index in [1.54, 1.807) is 0 Å². The van der Waals surface area contributed by atoms with Gasteiger partial charge in [-0.1, -0.05) is 32.0 Å². The topological polar surface area (TPSA) is 50.4 Å². The van der Waals surface area contributed by atoms with Crippen LogP contribution >= 0.6 is 0 Å². The number of nitrogens with one attached hydrogen (secondary N) is 2. The van der Waals surface area contributed by atoms with Crippen molar-refractivity contribution in [1.29, 1.82) is 0 Å². The second-order valence-electron chi connectivity index (χ2n) is 6.26. The van der Waals surface area contributed by atoms with Crippen molar-refractivity contribution in [1.82, 2.24) is 5.32 Å². The molecule has 4 heteroatoms. The number of anilines is 1. The lowest BCUT2D eigenvalue weighted by Crippen LogP contribution is -2.32. The highest BCUT2D eigenvalue weighted by Crippen LogP contribution is 2.20.